The number of fused-ring (bicyclic) bond motifs is 1. The Kier molecular flexibility index (Phi) is 3.43. The van der Waals surface area contributed by atoms with Crippen LogP contribution in [0.2, 0.25) is 0 Å². The minimum absolute atomic E-state index is 0.384. The predicted molar refractivity (Wildman–Crippen MR) is 75.5 cm³/mol. The summed E-state index contributed by atoms with van der Waals surface area (Å²) in [6.07, 6.45) is 3.52. The first-order chi connectivity index (χ1) is 9.74. The SMILES string of the molecule is CCn1nc(C)c2nc(CCl)n(CCn3ccnn3)c21. The fraction of sp³-hybridized carbons (Fsp3) is 0.500. The molecule has 0 atom stereocenters. The number of hydrogen-bond acceptors (Lipinski definition) is 4. The Morgan fingerprint density at radius 2 is 2.15 bits per heavy atom. The molecule has 3 heterocycles. The average Bonchev–Trinajstić information content (AvgIpc) is 3.14. The van der Waals surface area contributed by atoms with Crippen molar-refractivity contribution < 1.29 is 0 Å². The van der Waals surface area contributed by atoms with E-state index in [9.17, 15) is 0 Å². The van der Waals surface area contributed by atoms with Gasteiger partial charge in [-0.25, -0.2) is 9.67 Å². The smallest absolute Gasteiger partial charge is 0.159 e. The van der Waals surface area contributed by atoms with Crippen LogP contribution in [0.3, 0.4) is 0 Å². The van der Waals surface area contributed by atoms with Gasteiger partial charge in [-0.3, -0.25) is 4.68 Å². The van der Waals surface area contributed by atoms with E-state index in [2.05, 4.69) is 31.9 Å². The summed E-state index contributed by atoms with van der Waals surface area (Å²) >= 11 is 6.02. The van der Waals surface area contributed by atoms with Crippen molar-refractivity contribution in [3.63, 3.8) is 0 Å². The van der Waals surface area contributed by atoms with Crippen LogP contribution >= 0.6 is 11.6 Å². The maximum absolute atomic E-state index is 6.02. The van der Waals surface area contributed by atoms with Gasteiger partial charge < -0.3 is 4.57 Å². The number of alkyl halides is 1. The van der Waals surface area contributed by atoms with Gasteiger partial charge in [-0.2, -0.15) is 5.10 Å². The molecule has 0 bridgehead atoms. The summed E-state index contributed by atoms with van der Waals surface area (Å²) in [5, 5.41) is 12.3. The van der Waals surface area contributed by atoms with Crippen molar-refractivity contribution in [2.24, 2.45) is 0 Å². The van der Waals surface area contributed by atoms with Gasteiger partial charge in [-0.15, -0.1) is 16.7 Å². The molecule has 0 spiro atoms. The zero-order valence-corrected chi connectivity index (χ0v) is 12.2. The summed E-state index contributed by atoms with van der Waals surface area (Å²) in [6.45, 7) is 6.32. The molecule has 3 aromatic heterocycles. The van der Waals surface area contributed by atoms with Crippen molar-refractivity contribution in [3.05, 3.63) is 23.9 Å². The first kappa shape index (κ1) is 13.1. The van der Waals surface area contributed by atoms with Crippen LogP contribution < -0.4 is 0 Å². The van der Waals surface area contributed by atoms with E-state index in [-0.39, 0.29) is 0 Å². The third kappa shape index (κ3) is 2.07. The number of rotatable bonds is 5. The summed E-state index contributed by atoms with van der Waals surface area (Å²) in [5.41, 5.74) is 2.90. The topological polar surface area (TPSA) is 66.3 Å². The van der Waals surface area contributed by atoms with Gasteiger partial charge in [0, 0.05) is 19.3 Å². The maximum atomic E-state index is 6.02. The van der Waals surface area contributed by atoms with Gasteiger partial charge in [0.15, 0.2) is 5.65 Å². The molecule has 106 valence electrons. The first-order valence-corrected chi connectivity index (χ1v) is 7.10. The monoisotopic (exact) mass is 293 g/mol. The van der Waals surface area contributed by atoms with Crippen LogP contribution in [0.15, 0.2) is 12.4 Å². The van der Waals surface area contributed by atoms with Crippen LogP contribution in [0, 0.1) is 6.92 Å². The van der Waals surface area contributed by atoms with E-state index in [1.165, 1.54) is 0 Å². The van der Waals surface area contributed by atoms with Crippen LogP contribution in [0.5, 0.6) is 0 Å². The molecule has 0 amide bonds. The normalized spacial score (nSPS) is 11.6. The molecule has 7 nitrogen and oxygen atoms in total. The highest BCUT2D eigenvalue weighted by Crippen LogP contribution is 2.21. The zero-order chi connectivity index (χ0) is 14.1. The summed E-state index contributed by atoms with van der Waals surface area (Å²) in [6, 6.07) is 0. The highest BCUT2D eigenvalue weighted by Gasteiger charge is 2.17. The van der Waals surface area contributed by atoms with Crippen molar-refractivity contribution in [1.29, 1.82) is 0 Å². The van der Waals surface area contributed by atoms with Gasteiger partial charge in [0.1, 0.15) is 11.3 Å². The molecule has 0 aliphatic heterocycles. The summed E-state index contributed by atoms with van der Waals surface area (Å²) in [4.78, 5) is 4.60. The molecule has 0 unspecified atom stereocenters. The zero-order valence-electron chi connectivity index (χ0n) is 11.5. The molecule has 0 N–H and O–H groups in total. The Bertz CT molecular complexity index is 710. The number of imidazole rings is 1. The summed E-state index contributed by atoms with van der Waals surface area (Å²) in [7, 11) is 0. The standard InChI is InChI=1S/C12H16ClN7/c1-3-20-12-11(9(2)16-20)15-10(8-13)19(12)7-6-18-5-4-14-17-18/h4-5H,3,6-8H2,1-2H3. The van der Waals surface area contributed by atoms with E-state index < -0.39 is 0 Å². The Hall–Kier alpha value is -1.89. The van der Waals surface area contributed by atoms with Crippen molar-refractivity contribution in [2.45, 2.75) is 39.4 Å². The third-order valence-corrected chi connectivity index (χ3v) is 3.56. The van der Waals surface area contributed by atoms with Crippen LogP contribution in [0.4, 0.5) is 0 Å². The molecule has 0 radical (unpaired) electrons. The van der Waals surface area contributed by atoms with Gasteiger partial charge in [-0.1, -0.05) is 5.21 Å². The predicted octanol–water partition coefficient (Wildman–Crippen LogP) is 1.59. The molecule has 8 heteroatoms. The van der Waals surface area contributed by atoms with Gasteiger partial charge >= 0.3 is 0 Å². The van der Waals surface area contributed by atoms with E-state index in [0.717, 1.165) is 42.3 Å². The molecule has 0 saturated carbocycles. The van der Waals surface area contributed by atoms with E-state index in [1.807, 2.05) is 17.8 Å². The van der Waals surface area contributed by atoms with Crippen LogP contribution in [-0.4, -0.2) is 34.3 Å². The number of hydrogen-bond donors (Lipinski definition) is 0. The van der Waals surface area contributed by atoms with E-state index in [1.54, 1.807) is 10.9 Å². The van der Waals surface area contributed by atoms with E-state index in [0.29, 0.717) is 5.88 Å². The lowest BCUT2D eigenvalue weighted by Gasteiger charge is -2.08. The second-order valence-corrected chi connectivity index (χ2v) is 4.82. The fourth-order valence-electron chi connectivity index (χ4n) is 2.38. The Labute approximate surface area is 121 Å². The molecule has 0 aliphatic carbocycles. The maximum Gasteiger partial charge on any atom is 0.159 e. The lowest BCUT2D eigenvalue weighted by molar-refractivity contribution is 0.509. The quantitative estimate of drug-likeness (QED) is 0.670. The minimum Gasteiger partial charge on any atom is -0.310 e. The Balaban J connectivity index is 2.02. The third-order valence-electron chi connectivity index (χ3n) is 3.32. The van der Waals surface area contributed by atoms with Crippen molar-refractivity contribution >= 4 is 22.8 Å². The fourth-order valence-corrected chi connectivity index (χ4v) is 2.59. The summed E-state index contributed by atoms with van der Waals surface area (Å²) in [5.74, 6) is 1.25. The van der Waals surface area contributed by atoms with Crippen LogP contribution in [0.1, 0.15) is 18.4 Å². The number of nitrogens with zero attached hydrogens (tertiary/aromatic N) is 7. The highest BCUT2D eigenvalue weighted by molar-refractivity contribution is 6.16. The lowest BCUT2D eigenvalue weighted by Crippen LogP contribution is -2.13. The van der Waals surface area contributed by atoms with Gasteiger partial charge in [0.2, 0.25) is 0 Å². The number of aromatic nitrogens is 7. The van der Waals surface area contributed by atoms with Gasteiger partial charge in [0.25, 0.3) is 0 Å². The Morgan fingerprint density at radius 1 is 1.30 bits per heavy atom. The summed E-state index contributed by atoms with van der Waals surface area (Å²) < 4.78 is 5.88. The second kappa shape index (κ2) is 5.24. The van der Waals surface area contributed by atoms with Crippen LogP contribution in [-0.2, 0) is 25.5 Å². The second-order valence-electron chi connectivity index (χ2n) is 4.55. The first-order valence-electron chi connectivity index (χ1n) is 6.57. The lowest BCUT2D eigenvalue weighted by atomic mass is 10.4. The largest absolute Gasteiger partial charge is 0.310 e. The Morgan fingerprint density at radius 3 is 2.80 bits per heavy atom. The van der Waals surface area contributed by atoms with Crippen molar-refractivity contribution in [3.8, 4) is 0 Å². The van der Waals surface area contributed by atoms with Gasteiger partial charge in [-0.05, 0) is 13.8 Å². The average molecular weight is 294 g/mol. The molecular weight excluding hydrogens is 278 g/mol. The van der Waals surface area contributed by atoms with E-state index >= 15 is 0 Å². The number of halogens is 1. The molecule has 0 aliphatic rings. The molecule has 0 saturated heterocycles. The van der Waals surface area contributed by atoms with Crippen molar-refractivity contribution in [2.75, 3.05) is 0 Å². The molecule has 20 heavy (non-hydrogen) atoms. The van der Waals surface area contributed by atoms with Crippen molar-refractivity contribution in [1.82, 2.24) is 34.3 Å². The molecular formula is C12H16ClN7. The molecule has 0 fully saturated rings. The van der Waals surface area contributed by atoms with Crippen LogP contribution in [0.25, 0.3) is 11.2 Å². The number of aryl methyl sites for hydroxylation is 4. The molecule has 3 rings (SSSR count). The molecule has 3 aromatic rings. The molecule has 0 aromatic carbocycles. The highest BCUT2D eigenvalue weighted by atomic mass is 35.5. The van der Waals surface area contributed by atoms with E-state index in [4.69, 9.17) is 11.6 Å². The minimum atomic E-state index is 0.384. The van der Waals surface area contributed by atoms with Gasteiger partial charge in [0.05, 0.1) is 24.3 Å².